The third-order valence-electron chi connectivity index (χ3n) is 17.0. The number of fused-ring (bicyclic) bond motifs is 1. The molecule has 2 aliphatic rings. The van der Waals surface area contributed by atoms with E-state index in [0.29, 0.717) is 62.1 Å². The fourth-order valence-electron chi connectivity index (χ4n) is 11.7. The summed E-state index contributed by atoms with van der Waals surface area (Å²) in [6.45, 7) is 7.45. The highest BCUT2D eigenvalue weighted by atomic mass is 19.1. The number of likely N-dealkylation sites (tertiary alicyclic amines) is 1. The first-order valence-electron chi connectivity index (χ1n) is 31.8. The zero-order valence-corrected chi connectivity index (χ0v) is 53.3. The van der Waals surface area contributed by atoms with Gasteiger partial charge in [-0.3, -0.25) is 62.8 Å². The second kappa shape index (κ2) is 35.4. The van der Waals surface area contributed by atoms with Gasteiger partial charge in [0.15, 0.2) is 0 Å². The maximum Gasteiger partial charge on any atom is 0.317 e. The van der Waals surface area contributed by atoms with E-state index < -0.39 is 59.3 Å². The van der Waals surface area contributed by atoms with Crippen LogP contribution >= 0.6 is 0 Å². The Morgan fingerprint density at radius 2 is 1.30 bits per heavy atom. The SMILES string of the molecule is Cc1ccc(CNCC(=O)N2CCC(NC(=O)[C@H](CC(C)C)n3cc([C@H](Cc4ccccc4)NC(=O)CCCCCNC(=O)CN4CCN(CC(=O)O)CCN(CC(=O)O)CCN(CC(=O)O)CC4)nn3)(C(=O)N[C@@H](Cc3c[nH]c4ccccc34)C(N)=O)CC2)cc1F. The molecule has 0 aliphatic carbocycles. The van der Waals surface area contributed by atoms with Crippen molar-refractivity contribution in [3.8, 4) is 0 Å². The molecule has 11 N–H and O–H groups in total. The molecular formula is C65H90FN15O12. The van der Waals surface area contributed by atoms with E-state index in [1.165, 1.54) is 10.7 Å². The van der Waals surface area contributed by atoms with Gasteiger partial charge in [-0.25, -0.2) is 9.07 Å². The van der Waals surface area contributed by atoms with E-state index in [9.17, 15) is 58.1 Å². The molecule has 2 saturated heterocycles. The van der Waals surface area contributed by atoms with Gasteiger partial charge in [-0.15, -0.1) is 5.10 Å². The van der Waals surface area contributed by atoms with Crippen molar-refractivity contribution in [2.24, 2.45) is 11.7 Å². The van der Waals surface area contributed by atoms with Crippen LogP contribution in [0.2, 0.25) is 0 Å². The summed E-state index contributed by atoms with van der Waals surface area (Å²) in [5.74, 6) is -6.38. The molecule has 0 radical (unpaired) electrons. The zero-order valence-electron chi connectivity index (χ0n) is 53.3. The molecule has 4 heterocycles. The molecule has 0 unspecified atom stereocenters. The Morgan fingerprint density at radius 1 is 0.699 bits per heavy atom. The Hall–Kier alpha value is -8.70. The van der Waals surface area contributed by atoms with Gasteiger partial charge in [-0.05, 0) is 85.8 Å². The van der Waals surface area contributed by atoms with Crippen molar-refractivity contribution < 1.29 is 62.9 Å². The van der Waals surface area contributed by atoms with E-state index in [-0.39, 0.29) is 153 Å². The molecule has 2 aromatic heterocycles. The Bertz CT molecular complexity index is 3310. The summed E-state index contributed by atoms with van der Waals surface area (Å²) in [5, 5.41) is 53.6. The molecule has 6 amide bonds. The van der Waals surface area contributed by atoms with Gasteiger partial charge < -0.3 is 57.5 Å². The number of piperidine rings is 1. The Labute approximate surface area is 540 Å². The van der Waals surface area contributed by atoms with Gasteiger partial charge in [0.05, 0.1) is 45.0 Å². The second-order valence-electron chi connectivity index (χ2n) is 24.7. The standard InChI is InChI=1S/C65H90FN15O12/c1-44(2)32-55(63(92)73-65(64(93)72-53(62(67)91)35-48-37-70-51-15-10-9-14-49(48)51)19-22-80(23-20-65)58(84)38-68-36-47-18-17-45(3)50(66)33-47)81-39-54(74-75-81)52(34-46-12-6-4-7-13-46)71-56(82)16-8-5-11-21-69-57(83)40-76-24-26-77(41-59(85)86)28-30-79(43-61(89)90)31-29-78(27-25-76)42-60(87)88/h4,6-7,9-10,12-15,17-18,33,37,39,44,52-53,55,68,70H,5,8,11,16,19-32,34-36,38,40-43H2,1-3H3,(H2,67,91)(H,69,83)(H,71,82)(H,72,93)(H,73,92)(H,85,86)(H,87,88)(H,89,90)/t52-,53-,55-/m0/s1. The fourth-order valence-corrected chi connectivity index (χ4v) is 11.7. The van der Waals surface area contributed by atoms with Crippen LogP contribution in [-0.4, -0.2) is 229 Å². The molecule has 93 heavy (non-hydrogen) atoms. The number of benzene rings is 3. The summed E-state index contributed by atoms with van der Waals surface area (Å²) >= 11 is 0. The lowest BCUT2D eigenvalue weighted by Crippen LogP contribution is -2.66. The first-order valence-corrected chi connectivity index (χ1v) is 31.8. The number of hydrogen-bond donors (Lipinski definition) is 10. The van der Waals surface area contributed by atoms with Crippen molar-refractivity contribution in [1.29, 1.82) is 0 Å². The summed E-state index contributed by atoms with van der Waals surface area (Å²) in [5.41, 5.74) is 8.36. The molecule has 5 aromatic rings. The number of unbranched alkanes of at least 4 members (excludes halogenated alkanes) is 2. The normalized spacial score (nSPS) is 16.5. The molecule has 504 valence electrons. The third kappa shape index (κ3) is 22.8. The summed E-state index contributed by atoms with van der Waals surface area (Å²) < 4.78 is 15.7. The van der Waals surface area contributed by atoms with Gasteiger partial charge >= 0.3 is 17.9 Å². The number of nitrogens with one attached hydrogen (secondary N) is 6. The molecule has 27 nitrogen and oxygen atoms in total. The van der Waals surface area contributed by atoms with Crippen LogP contribution in [0.3, 0.4) is 0 Å². The van der Waals surface area contributed by atoms with E-state index in [1.54, 1.807) is 51.0 Å². The molecule has 28 heteroatoms. The molecule has 7 rings (SSSR count). The Morgan fingerprint density at radius 3 is 1.89 bits per heavy atom. The van der Waals surface area contributed by atoms with Crippen LogP contribution in [0.4, 0.5) is 4.39 Å². The zero-order chi connectivity index (χ0) is 67.0. The van der Waals surface area contributed by atoms with Crippen LogP contribution in [-0.2, 0) is 62.5 Å². The highest BCUT2D eigenvalue weighted by Gasteiger charge is 2.46. The third-order valence-corrected chi connectivity index (χ3v) is 17.0. The number of hydrogen-bond acceptors (Lipinski definition) is 16. The first kappa shape index (κ1) is 71.7. The predicted octanol–water partition coefficient (Wildman–Crippen LogP) is 1.83. The van der Waals surface area contributed by atoms with Crippen molar-refractivity contribution in [2.75, 3.05) is 105 Å². The quantitative estimate of drug-likeness (QED) is 0.0275. The molecule has 3 atom stereocenters. The van der Waals surface area contributed by atoms with E-state index in [0.717, 1.165) is 22.0 Å². The lowest BCUT2D eigenvalue weighted by Gasteiger charge is -2.42. The van der Waals surface area contributed by atoms with E-state index in [2.05, 4.69) is 41.9 Å². The van der Waals surface area contributed by atoms with E-state index >= 15 is 4.79 Å². The van der Waals surface area contributed by atoms with Gasteiger partial charge in [0.25, 0.3) is 0 Å². The van der Waals surface area contributed by atoms with Crippen molar-refractivity contribution in [1.82, 2.24) is 71.1 Å². The van der Waals surface area contributed by atoms with Gasteiger partial charge in [0.1, 0.15) is 29.1 Å². The minimum absolute atomic E-state index is 0.0234. The van der Waals surface area contributed by atoms with Crippen LogP contribution in [0, 0.1) is 18.7 Å². The summed E-state index contributed by atoms with van der Waals surface area (Å²) in [6.07, 6.45) is 5.73. The number of carboxylic acid groups (broad SMARTS) is 3. The molecule has 0 saturated carbocycles. The number of nitrogens with two attached hydrogens (primary N) is 1. The largest absolute Gasteiger partial charge is 0.480 e. The average molecular weight is 1290 g/mol. The minimum Gasteiger partial charge on any atom is -0.480 e. The van der Waals surface area contributed by atoms with Gasteiger partial charge in [0.2, 0.25) is 35.4 Å². The van der Waals surface area contributed by atoms with Crippen LogP contribution < -0.4 is 32.3 Å². The van der Waals surface area contributed by atoms with Crippen LogP contribution in [0.5, 0.6) is 0 Å². The minimum atomic E-state index is -1.63. The summed E-state index contributed by atoms with van der Waals surface area (Å²) in [4.78, 5) is 131. The van der Waals surface area contributed by atoms with E-state index in [1.807, 2.05) is 73.3 Å². The Kier molecular flexibility index (Phi) is 27.3. The number of aryl methyl sites for hydroxylation is 1. The summed E-state index contributed by atoms with van der Waals surface area (Å²) in [6, 6.07) is 19.0. The maximum atomic E-state index is 15.0. The van der Waals surface area contributed by atoms with Gasteiger partial charge in [-0.2, -0.15) is 0 Å². The highest BCUT2D eigenvalue weighted by molar-refractivity contribution is 5.96. The molecule has 0 spiro atoms. The number of amides is 6. The molecule has 2 aliphatic heterocycles. The maximum absolute atomic E-state index is 15.0. The van der Waals surface area contributed by atoms with E-state index in [4.69, 9.17) is 5.73 Å². The van der Waals surface area contributed by atoms with Gasteiger partial charge in [0, 0.05) is 108 Å². The smallest absolute Gasteiger partial charge is 0.317 e. The number of aromatic nitrogens is 4. The lowest BCUT2D eigenvalue weighted by molar-refractivity contribution is -0.141. The number of aliphatic carboxylic acids is 3. The van der Waals surface area contributed by atoms with Gasteiger partial charge in [-0.1, -0.05) is 86.1 Å². The molecule has 0 bridgehead atoms. The fraction of sp³-hybridized carbons (Fsp3) is 0.523. The topological polar surface area (TPSA) is 363 Å². The van der Waals surface area contributed by atoms with Crippen LogP contribution in [0.15, 0.2) is 85.2 Å². The number of nitrogens with zero attached hydrogens (tertiary/aromatic N) is 8. The van der Waals surface area contributed by atoms with Crippen molar-refractivity contribution in [3.05, 3.63) is 119 Å². The monoisotopic (exact) mass is 1290 g/mol. The Balaban J connectivity index is 0.984. The number of aromatic amines is 1. The molecular weight excluding hydrogens is 1200 g/mol. The molecule has 2 fully saturated rings. The number of rotatable bonds is 32. The van der Waals surface area contributed by atoms with Crippen molar-refractivity contribution in [2.45, 2.75) is 109 Å². The predicted molar refractivity (Wildman–Crippen MR) is 342 cm³/mol. The number of carbonyl (C=O) groups excluding carboxylic acids is 6. The van der Waals surface area contributed by atoms with Crippen LogP contribution in [0.1, 0.15) is 98.8 Å². The van der Waals surface area contributed by atoms with Crippen molar-refractivity contribution >= 4 is 64.3 Å². The number of para-hydroxylation sites is 1. The summed E-state index contributed by atoms with van der Waals surface area (Å²) in [7, 11) is 0. The highest BCUT2D eigenvalue weighted by Crippen LogP contribution is 2.28. The lowest BCUT2D eigenvalue weighted by atomic mass is 9.85. The first-order chi connectivity index (χ1) is 44.5. The second-order valence-corrected chi connectivity index (χ2v) is 24.7. The molecule has 3 aromatic carbocycles. The average Bonchev–Trinajstić information content (AvgIpc) is 1.48. The van der Waals surface area contributed by atoms with Crippen LogP contribution in [0.25, 0.3) is 10.9 Å². The number of halogens is 1. The number of primary amides is 1. The number of H-pyrrole nitrogens is 1. The number of carbonyl (C=O) groups is 9. The number of carboxylic acids is 3. The van der Waals surface area contributed by atoms with Crippen molar-refractivity contribution in [3.63, 3.8) is 0 Å².